The Morgan fingerprint density at radius 3 is 2.42 bits per heavy atom. The lowest BCUT2D eigenvalue weighted by Gasteiger charge is -2.05. The zero-order chi connectivity index (χ0) is 18.1. The molecule has 4 rings (SSSR count). The highest BCUT2D eigenvalue weighted by Crippen LogP contribution is 2.37. The van der Waals surface area contributed by atoms with Gasteiger partial charge < -0.3 is 14.8 Å². The van der Waals surface area contributed by atoms with E-state index in [1.807, 2.05) is 17.5 Å². The van der Waals surface area contributed by atoms with Crippen LogP contribution in [0.5, 0.6) is 11.5 Å². The Hall–Kier alpha value is -2.71. The maximum absolute atomic E-state index is 13.0. The number of ether oxygens (including phenoxy) is 2. The molecule has 0 aliphatic carbocycles. The molecule has 0 unspecified atom stereocenters. The highest BCUT2D eigenvalue weighted by Gasteiger charge is 2.12. The Morgan fingerprint density at radius 1 is 0.962 bits per heavy atom. The van der Waals surface area contributed by atoms with E-state index in [9.17, 15) is 4.39 Å². The fourth-order valence-corrected chi connectivity index (χ4v) is 4.14. The number of halogens is 1. The molecule has 1 N–H and O–H groups in total. The van der Waals surface area contributed by atoms with E-state index in [4.69, 9.17) is 9.47 Å². The van der Waals surface area contributed by atoms with Crippen molar-refractivity contribution in [3.8, 4) is 22.8 Å². The van der Waals surface area contributed by atoms with Crippen molar-refractivity contribution in [3.63, 3.8) is 0 Å². The second-order valence-electron chi connectivity index (χ2n) is 5.36. The summed E-state index contributed by atoms with van der Waals surface area (Å²) in [4.78, 5) is 9.12. The summed E-state index contributed by atoms with van der Waals surface area (Å²) in [5.74, 6) is 1.05. The van der Waals surface area contributed by atoms with Gasteiger partial charge in [-0.15, -0.1) is 11.3 Å². The molecule has 26 heavy (non-hydrogen) atoms. The van der Waals surface area contributed by atoms with Crippen molar-refractivity contribution in [1.82, 2.24) is 9.97 Å². The van der Waals surface area contributed by atoms with E-state index in [-0.39, 0.29) is 5.82 Å². The lowest BCUT2D eigenvalue weighted by Crippen LogP contribution is -1.90. The van der Waals surface area contributed by atoms with Crippen LogP contribution in [0.15, 0.2) is 41.8 Å². The lowest BCUT2D eigenvalue weighted by atomic mass is 10.2. The Balaban J connectivity index is 1.60. The van der Waals surface area contributed by atoms with Crippen molar-refractivity contribution in [2.24, 2.45) is 0 Å². The quantitative estimate of drug-likeness (QED) is 0.502. The van der Waals surface area contributed by atoms with Gasteiger partial charge in [0.05, 0.1) is 30.1 Å². The Labute approximate surface area is 157 Å². The number of thiazole rings is 2. The second kappa shape index (κ2) is 6.89. The van der Waals surface area contributed by atoms with Crippen molar-refractivity contribution in [1.29, 1.82) is 0 Å². The number of methoxy groups -OCH3 is 2. The normalized spacial score (nSPS) is 10.9. The first kappa shape index (κ1) is 16.7. The van der Waals surface area contributed by atoms with Gasteiger partial charge in [0.25, 0.3) is 0 Å². The van der Waals surface area contributed by atoms with Crippen molar-refractivity contribution in [3.05, 3.63) is 47.6 Å². The van der Waals surface area contributed by atoms with Crippen LogP contribution in [0.2, 0.25) is 0 Å². The van der Waals surface area contributed by atoms with Crippen LogP contribution in [-0.4, -0.2) is 24.2 Å². The summed E-state index contributed by atoms with van der Waals surface area (Å²) in [5, 5.41) is 6.61. The maximum atomic E-state index is 13.0. The largest absolute Gasteiger partial charge is 0.493 e. The smallest absolute Gasteiger partial charge is 0.190 e. The molecule has 4 aromatic rings. The lowest BCUT2D eigenvalue weighted by molar-refractivity contribution is 0.356. The highest BCUT2D eigenvalue weighted by molar-refractivity contribution is 7.22. The standard InChI is InChI=1S/C18H14FN3O2S2/c1-23-14-7-12-16(8-15(14)24-2)26-18(20-12)22-17-21-13(9-25-17)10-3-5-11(19)6-4-10/h3-9H,1-2H3,(H,20,21,22). The van der Waals surface area contributed by atoms with Crippen molar-refractivity contribution >= 4 is 43.2 Å². The fourth-order valence-electron chi connectivity index (χ4n) is 2.48. The molecule has 0 aliphatic rings. The molecule has 2 aromatic carbocycles. The van der Waals surface area contributed by atoms with Crippen LogP contribution >= 0.6 is 22.7 Å². The van der Waals surface area contributed by atoms with Crippen LogP contribution < -0.4 is 14.8 Å². The van der Waals surface area contributed by atoms with Crippen molar-refractivity contribution in [2.45, 2.75) is 0 Å². The van der Waals surface area contributed by atoms with Gasteiger partial charge in [0.15, 0.2) is 21.8 Å². The predicted octanol–water partition coefficient (Wildman–Crippen LogP) is 5.32. The van der Waals surface area contributed by atoms with E-state index in [1.54, 1.807) is 26.4 Å². The van der Waals surface area contributed by atoms with Gasteiger partial charge in [-0.05, 0) is 24.3 Å². The summed E-state index contributed by atoms with van der Waals surface area (Å²) in [6.07, 6.45) is 0. The maximum Gasteiger partial charge on any atom is 0.190 e. The van der Waals surface area contributed by atoms with E-state index in [0.29, 0.717) is 11.5 Å². The van der Waals surface area contributed by atoms with Gasteiger partial charge in [-0.3, -0.25) is 0 Å². The molecule has 0 aliphatic heterocycles. The van der Waals surface area contributed by atoms with Gasteiger partial charge in [-0.25, -0.2) is 14.4 Å². The number of benzene rings is 2. The zero-order valence-corrected chi connectivity index (χ0v) is 15.6. The number of fused-ring (bicyclic) bond motifs is 1. The highest BCUT2D eigenvalue weighted by atomic mass is 32.1. The van der Waals surface area contributed by atoms with Gasteiger partial charge >= 0.3 is 0 Å². The first-order valence-corrected chi connectivity index (χ1v) is 9.37. The zero-order valence-electron chi connectivity index (χ0n) is 13.9. The summed E-state index contributed by atoms with van der Waals surface area (Å²) in [7, 11) is 3.21. The second-order valence-corrected chi connectivity index (χ2v) is 7.25. The van der Waals surface area contributed by atoms with Crippen LogP contribution in [0.4, 0.5) is 14.7 Å². The monoisotopic (exact) mass is 387 g/mol. The molecule has 2 heterocycles. The Bertz CT molecular complexity index is 1020. The molecule has 132 valence electrons. The number of nitrogens with one attached hydrogen (secondary N) is 1. The van der Waals surface area contributed by atoms with Crippen LogP contribution in [0.25, 0.3) is 21.5 Å². The first-order valence-electron chi connectivity index (χ1n) is 7.67. The number of anilines is 2. The topological polar surface area (TPSA) is 56.3 Å². The number of aromatic nitrogens is 2. The summed E-state index contributed by atoms with van der Waals surface area (Å²) in [5.41, 5.74) is 2.49. The van der Waals surface area contributed by atoms with E-state index in [0.717, 1.165) is 31.7 Å². The SMILES string of the molecule is COc1cc2nc(Nc3nc(-c4ccc(F)cc4)cs3)sc2cc1OC. The fraction of sp³-hybridized carbons (Fsp3) is 0.111. The summed E-state index contributed by atoms with van der Waals surface area (Å²) in [6.45, 7) is 0. The number of hydrogen-bond acceptors (Lipinski definition) is 7. The molecular weight excluding hydrogens is 373 g/mol. The van der Waals surface area contributed by atoms with Crippen LogP contribution in [0.3, 0.4) is 0 Å². The average molecular weight is 387 g/mol. The third-order valence-electron chi connectivity index (χ3n) is 3.75. The molecule has 8 heteroatoms. The third-order valence-corrected chi connectivity index (χ3v) is 5.44. The minimum Gasteiger partial charge on any atom is -0.493 e. The molecule has 0 saturated heterocycles. The minimum atomic E-state index is -0.261. The average Bonchev–Trinajstić information content (AvgIpc) is 3.27. The molecule has 5 nitrogen and oxygen atoms in total. The third kappa shape index (κ3) is 3.21. The predicted molar refractivity (Wildman–Crippen MR) is 104 cm³/mol. The molecule has 0 fully saturated rings. The van der Waals surface area contributed by atoms with Gasteiger partial charge in [-0.1, -0.05) is 11.3 Å². The molecule has 0 radical (unpaired) electrons. The van der Waals surface area contributed by atoms with E-state index >= 15 is 0 Å². The molecule has 2 aromatic heterocycles. The minimum absolute atomic E-state index is 0.261. The molecule has 0 saturated carbocycles. The number of nitrogens with zero attached hydrogens (tertiary/aromatic N) is 2. The Morgan fingerprint density at radius 2 is 1.69 bits per heavy atom. The van der Waals surface area contributed by atoms with Gasteiger partial charge in [-0.2, -0.15) is 0 Å². The number of hydrogen-bond donors (Lipinski definition) is 1. The van der Waals surface area contributed by atoms with Gasteiger partial charge in [0.1, 0.15) is 5.82 Å². The molecule has 0 amide bonds. The van der Waals surface area contributed by atoms with Gasteiger partial charge in [0, 0.05) is 23.1 Å². The van der Waals surface area contributed by atoms with E-state index < -0.39 is 0 Å². The van der Waals surface area contributed by atoms with Crippen LogP contribution in [0.1, 0.15) is 0 Å². The number of rotatable bonds is 5. The molecule has 0 bridgehead atoms. The molecule has 0 atom stereocenters. The summed E-state index contributed by atoms with van der Waals surface area (Å²) < 4.78 is 24.7. The van der Waals surface area contributed by atoms with Crippen molar-refractivity contribution < 1.29 is 13.9 Å². The van der Waals surface area contributed by atoms with Gasteiger partial charge in [0.2, 0.25) is 0 Å². The van der Waals surface area contributed by atoms with Crippen molar-refractivity contribution in [2.75, 3.05) is 19.5 Å². The molecular formula is C18H14FN3O2S2. The summed E-state index contributed by atoms with van der Waals surface area (Å²) >= 11 is 2.98. The van der Waals surface area contributed by atoms with E-state index in [2.05, 4.69) is 15.3 Å². The molecule has 0 spiro atoms. The first-order chi connectivity index (χ1) is 12.7. The summed E-state index contributed by atoms with van der Waals surface area (Å²) in [6, 6.07) is 10.0. The van der Waals surface area contributed by atoms with Crippen LogP contribution in [0, 0.1) is 5.82 Å². The van der Waals surface area contributed by atoms with E-state index in [1.165, 1.54) is 34.8 Å². The Kier molecular flexibility index (Phi) is 4.44. The van der Waals surface area contributed by atoms with Crippen LogP contribution in [-0.2, 0) is 0 Å².